The van der Waals surface area contributed by atoms with E-state index in [2.05, 4.69) is 20.5 Å². The average molecular weight is 396 g/mol. The Bertz CT molecular complexity index is 1020. The van der Waals surface area contributed by atoms with E-state index in [-0.39, 0.29) is 16.3 Å². The molecule has 0 aliphatic heterocycles. The third-order valence-electron chi connectivity index (χ3n) is 3.39. The van der Waals surface area contributed by atoms with Crippen LogP contribution in [0.5, 0.6) is 5.75 Å². The Morgan fingerprint density at radius 2 is 2.16 bits per heavy atom. The maximum atomic E-state index is 12.3. The molecule has 0 fully saturated rings. The zero-order valence-electron chi connectivity index (χ0n) is 12.7. The minimum absolute atomic E-state index is 0.0923. The van der Waals surface area contributed by atoms with Crippen LogP contribution >= 0.6 is 34.5 Å². The number of nitrogens with zero attached hydrogens (tertiary/aromatic N) is 3. The molecule has 7 nitrogen and oxygen atoms in total. The van der Waals surface area contributed by atoms with Gasteiger partial charge < -0.3 is 10.8 Å². The second-order valence-corrected chi connectivity index (χ2v) is 6.86. The highest BCUT2D eigenvalue weighted by atomic mass is 35.5. The maximum Gasteiger partial charge on any atom is 0.281 e. The molecule has 1 amide bonds. The van der Waals surface area contributed by atoms with Gasteiger partial charge in [-0.25, -0.2) is 15.4 Å². The molecule has 10 heteroatoms. The SMILES string of the molecule is Cc1c(C(=O)N/N=C\c2cc(Cl)cc(Cl)c2O)sc2ncnc(N)c12. The van der Waals surface area contributed by atoms with Crippen molar-refractivity contribution in [1.82, 2.24) is 15.4 Å². The summed E-state index contributed by atoms with van der Waals surface area (Å²) in [6.45, 7) is 1.76. The minimum atomic E-state index is -0.427. The van der Waals surface area contributed by atoms with E-state index in [1.165, 1.54) is 36.0 Å². The Morgan fingerprint density at radius 1 is 1.40 bits per heavy atom. The number of nitrogen functional groups attached to an aromatic ring is 1. The molecule has 2 heterocycles. The molecule has 25 heavy (non-hydrogen) atoms. The van der Waals surface area contributed by atoms with Crippen LogP contribution in [0.4, 0.5) is 5.82 Å². The Morgan fingerprint density at radius 3 is 2.88 bits per heavy atom. The van der Waals surface area contributed by atoms with Crippen molar-refractivity contribution in [1.29, 1.82) is 0 Å². The van der Waals surface area contributed by atoms with Crippen molar-refractivity contribution in [2.45, 2.75) is 6.92 Å². The van der Waals surface area contributed by atoms with Crippen molar-refractivity contribution < 1.29 is 9.90 Å². The van der Waals surface area contributed by atoms with E-state index in [1.807, 2.05) is 0 Å². The lowest BCUT2D eigenvalue weighted by atomic mass is 10.2. The number of thiophene rings is 1. The number of aryl methyl sites for hydroxylation is 1. The summed E-state index contributed by atoms with van der Waals surface area (Å²) in [5, 5.41) is 14.8. The number of rotatable bonds is 3. The lowest BCUT2D eigenvalue weighted by Gasteiger charge is -2.02. The summed E-state index contributed by atoms with van der Waals surface area (Å²) in [5.41, 5.74) is 9.18. The molecule has 4 N–H and O–H groups in total. The number of amides is 1. The molecule has 0 spiro atoms. The molecule has 3 rings (SSSR count). The summed E-state index contributed by atoms with van der Waals surface area (Å²) >= 11 is 12.9. The van der Waals surface area contributed by atoms with Crippen LogP contribution in [-0.2, 0) is 0 Å². The quantitative estimate of drug-likeness (QED) is 0.464. The molecule has 0 aliphatic carbocycles. The fraction of sp³-hybridized carbons (Fsp3) is 0.0667. The largest absolute Gasteiger partial charge is 0.506 e. The van der Waals surface area contributed by atoms with Crippen LogP contribution in [0.1, 0.15) is 20.8 Å². The van der Waals surface area contributed by atoms with Crippen LogP contribution in [0.3, 0.4) is 0 Å². The summed E-state index contributed by atoms with van der Waals surface area (Å²) in [7, 11) is 0. The standard InChI is InChI=1S/C15H11Cl2N5O2S/c1-6-10-13(18)19-5-20-15(10)25-12(6)14(24)22-21-4-7-2-8(16)3-9(17)11(7)23/h2-5,23H,1H3,(H,22,24)(H2,18,19,20)/b21-4-. The van der Waals surface area contributed by atoms with E-state index in [4.69, 9.17) is 28.9 Å². The van der Waals surface area contributed by atoms with Crippen LogP contribution in [0.25, 0.3) is 10.2 Å². The number of fused-ring (bicyclic) bond motifs is 1. The first-order valence-electron chi connectivity index (χ1n) is 6.89. The number of carbonyl (C=O) groups excluding carboxylic acids is 1. The van der Waals surface area contributed by atoms with Gasteiger partial charge in [0, 0.05) is 10.6 Å². The molecule has 0 aliphatic rings. The molecule has 3 aromatic rings. The lowest BCUT2D eigenvalue weighted by Crippen LogP contribution is -2.17. The summed E-state index contributed by atoms with van der Waals surface area (Å²) in [6, 6.07) is 2.87. The van der Waals surface area contributed by atoms with Crippen LogP contribution in [-0.4, -0.2) is 27.2 Å². The number of anilines is 1. The Kier molecular flexibility index (Phi) is 4.76. The Labute approximate surface area is 156 Å². The molecule has 128 valence electrons. The number of hydrogen-bond acceptors (Lipinski definition) is 7. The number of nitrogens with two attached hydrogens (primary N) is 1. The third kappa shape index (κ3) is 3.37. The van der Waals surface area contributed by atoms with E-state index < -0.39 is 5.91 Å². The molecular formula is C15H11Cl2N5O2S. The highest BCUT2D eigenvalue weighted by molar-refractivity contribution is 7.20. The Hall–Kier alpha value is -2.42. The van der Waals surface area contributed by atoms with Crippen molar-refractivity contribution in [2.24, 2.45) is 5.10 Å². The van der Waals surface area contributed by atoms with Crippen molar-refractivity contribution in [3.63, 3.8) is 0 Å². The summed E-state index contributed by atoms with van der Waals surface area (Å²) in [6.07, 6.45) is 2.60. The smallest absolute Gasteiger partial charge is 0.281 e. The van der Waals surface area contributed by atoms with E-state index in [0.29, 0.717) is 31.5 Å². The number of hydrazone groups is 1. The number of halogens is 2. The van der Waals surface area contributed by atoms with Crippen molar-refractivity contribution in [2.75, 3.05) is 5.73 Å². The van der Waals surface area contributed by atoms with Gasteiger partial charge in [-0.15, -0.1) is 11.3 Å². The van der Waals surface area contributed by atoms with Crippen LogP contribution < -0.4 is 11.2 Å². The predicted molar refractivity (Wildman–Crippen MR) is 99.8 cm³/mol. The zero-order valence-corrected chi connectivity index (χ0v) is 15.1. The van der Waals surface area contributed by atoms with Crippen molar-refractivity contribution in [3.05, 3.63) is 44.5 Å². The van der Waals surface area contributed by atoms with E-state index in [9.17, 15) is 9.90 Å². The third-order valence-corrected chi connectivity index (χ3v) is 5.09. The first-order chi connectivity index (χ1) is 11.9. The van der Waals surface area contributed by atoms with Crippen molar-refractivity contribution >= 4 is 62.7 Å². The lowest BCUT2D eigenvalue weighted by molar-refractivity contribution is 0.0958. The van der Waals surface area contributed by atoms with Gasteiger partial charge in [-0.1, -0.05) is 23.2 Å². The molecule has 0 saturated carbocycles. The van der Waals surface area contributed by atoms with Gasteiger partial charge in [-0.05, 0) is 24.6 Å². The number of carbonyl (C=O) groups is 1. The second kappa shape index (κ2) is 6.83. The topological polar surface area (TPSA) is 113 Å². The van der Waals surface area contributed by atoms with Crippen molar-refractivity contribution in [3.8, 4) is 5.75 Å². The number of aromatic hydroxyl groups is 1. The van der Waals surface area contributed by atoms with Crippen LogP contribution in [0, 0.1) is 6.92 Å². The molecular weight excluding hydrogens is 385 g/mol. The minimum Gasteiger partial charge on any atom is -0.506 e. The average Bonchev–Trinajstić information content (AvgIpc) is 2.90. The van der Waals surface area contributed by atoms with Gasteiger partial charge in [0.2, 0.25) is 0 Å². The van der Waals surface area contributed by atoms with Gasteiger partial charge in [-0.2, -0.15) is 5.10 Å². The molecule has 2 aromatic heterocycles. The number of phenols is 1. The van der Waals surface area contributed by atoms with Crippen LogP contribution in [0.2, 0.25) is 10.0 Å². The normalized spacial score (nSPS) is 11.3. The Balaban J connectivity index is 1.84. The highest BCUT2D eigenvalue weighted by Gasteiger charge is 2.18. The number of aromatic nitrogens is 2. The monoisotopic (exact) mass is 395 g/mol. The number of benzene rings is 1. The van der Waals surface area contributed by atoms with Gasteiger partial charge in [-0.3, -0.25) is 4.79 Å². The first kappa shape index (κ1) is 17.4. The van der Waals surface area contributed by atoms with Gasteiger partial charge in [0.25, 0.3) is 5.91 Å². The van der Waals surface area contributed by atoms with E-state index >= 15 is 0 Å². The van der Waals surface area contributed by atoms with Crippen LogP contribution in [0.15, 0.2) is 23.6 Å². The number of phenolic OH excluding ortho intramolecular Hbond substituents is 1. The highest BCUT2D eigenvalue weighted by Crippen LogP contribution is 2.32. The molecule has 0 atom stereocenters. The fourth-order valence-electron chi connectivity index (χ4n) is 2.21. The zero-order chi connectivity index (χ0) is 18.1. The first-order valence-corrected chi connectivity index (χ1v) is 8.46. The van der Waals surface area contributed by atoms with Gasteiger partial charge in [0.1, 0.15) is 22.7 Å². The molecule has 0 bridgehead atoms. The summed E-state index contributed by atoms with van der Waals surface area (Å²) in [4.78, 5) is 21.4. The molecule has 0 unspecified atom stereocenters. The summed E-state index contributed by atoms with van der Waals surface area (Å²) < 4.78 is 0. The van der Waals surface area contributed by atoms with Gasteiger partial charge >= 0.3 is 0 Å². The number of hydrogen-bond donors (Lipinski definition) is 3. The molecule has 0 saturated heterocycles. The van der Waals surface area contributed by atoms with E-state index in [1.54, 1.807) is 6.92 Å². The maximum absolute atomic E-state index is 12.3. The fourth-order valence-corrected chi connectivity index (χ4v) is 3.77. The summed E-state index contributed by atoms with van der Waals surface area (Å²) in [5.74, 6) is -0.284. The predicted octanol–water partition coefficient (Wildman–Crippen LogP) is 3.36. The molecule has 0 radical (unpaired) electrons. The van der Waals surface area contributed by atoms with Gasteiger partial charge in [0.05, 0.1) is 21.5 Å². The number of nitrogens with one attached hydrogen (secondary N) is 1. The second-order valence-electron chi connectivity index (χ2n) is 5.02. The molecule has 1 aromatic carbocycles. The van der Waals surface area contributed by atoms with E-state index in [0.717, 1.165) is 0 Å². The van der Waals surface area contributed by atoms with Gasteiger partial charge in [0.15, 0.2) is 0 Å².